The SMILES string of the molecule is CC(C)n1nc(-c2ccc3onc(N)c3c2)c2c(N)nccc21. The summed E-state index contributed by atoms with van der Waals surface area (Å²) in [6, 6.07) is 7.80. The van der Waals surface area contributed by atoms with Crippen LogP contribution in [0, 0.1) is 0 Å². The first-order valence-electron chi connectivity index (χ1n) is 7.34. The van der Waals surface area contributed by atoms with E-state index in [0.29, 0.717) is 17.2 Å². The molecule has 0 bridgehead atoms. The van der Waals surface area contributed by atoms with E-state index in [2.05, 4.69) is 24.0 Å². The lowest BCUT2D eigenvalue weighted by Crippen LogP contribution is -2.02. The standard InChI is InChI=1S/C16H16N6O/c1-8(2)22-11-5-6-19-16(18)13(11)14(20-22)9-3-4-12-10(7-9)15(17)21-23-12/h3-8H,1-2H3,(H2,17,21)(H2,18,19). The Morgan fingerprint density at radius 1 is 1.13 bits per heavy atom. The number of fused-ring (bicyclic) bond motifs is 2. The van der Waals surface area contributed by atoms with Crippen molar-refractivity contribution in [1.29, 1.82) is 0 Å². The van der Waals surface area contributed by atoms with Crippen LogP contribution in [0.1, 0.15) is 19.9 Å². The number of pyridine rings is 1. The minimum atomic E-state index is 0.206. The third-order valence-electron chi connectivity index (χ3n) is 3.91. The predicted octanol–water partition coefficient (Wildman–Crippen LogP) is 2.98. The largest absolute Gasteiger partial charge is 0.383 e. The number of aromatic nitrogens is 4. The van der Waals surface area contributed by atoms with Gasteiger partial charge in [0.15, 0.2) is 11.4 Å². The minimum absolute atomic E-state index is 0.206. The first-order valence-corrected chi connectivity index (χ1v) is 7.34. The van der Waals surface area contributed by atoms with Gasteiger partial charge in [-0.25, -0.2) is 4.98 Å². The second-order valence-corrected chi connectivity index (χ2v) is 5.76. The van der Waals surface area contributed by atoms with E-state index in [1.807, 2.05) is 28.9 Å². The number of anilines is 2. The molecule has 4 aromatic rings. The van der Waals surface area contributed by atoms with Crippen molar-refractivity contribution in [2.75, 3.05) is 11.5 Å². The van der Waals surface area contributed by atoms with Gasteiger partial charge in [0.2, 0.25) is 0 Å². The summed E-state index contributed by atoms with van der Waals surface area (Å²) in [6.07, 6.45) is 1.70. The molecule has 0 saturated heterocycles. The molecule has 4 rings (SSSR count). The molecule has 0 radical (unpaired) electrons. The summed E-state index contributed by atoms with van der Waals surface area (Å²) in [5, 5.41) is 10.1. The van der Waals surface area contributed by atoms with Gasteiger partial charge in [-0.15, -0.1) is 0 Å². The van der Waals surface area contributed by atoms with E-state index in [0.717, 1.165) is 27.5 Å². The Hall–Kier alpha value is -3.09. The first kappa shape index (κ1) is 13.6. The Balaban J connectivity index is 2.05. The molecule has 0 aliphatic heterocycles. The summed E-state index contributed by atoms with van der Waals surface area (Å²) >= 11 is 0. The molecular formula is C16H16N6O. The van der Waals surface area contributed by atoms with E-state index < -0.39 is 0 Å². The summed E-state index contributed by atoms with van der Waals surface area (Å²) in [6.45, 7) is 4.15. The van der Waals surface area contributed by atoms with Gasteiger partial charge in [-0.05, 0) is 38.1 Å². The van der Waals surface area contributed by atoms with E-state index in [1.165, 1.54) is 0 Å². The van der Waals surface area contributed by atoms with Crippen LogP contribution in [0.2, 0.25) is 0 Å². The van der Waals surface area contributed by atoms with Crippen molar-refractivity contribution >= 4 is 33.5 Å². The van der Waals surface area contributed by atoms with Gasteiger partial charge in [-0.2, -0.15) is 5.10 Å². The molecule has 3 aromatic heterocycles. The number of nitrogens with two attached hydrogens (primary N) is 2. The molecule has 0 amide bonds. The third kappa shape index (κ3) is 1.93. The second-order valence-electron chi connectivity index (χ2n) is 5.76. The third-order valence-corrected chi connectivity index (χ3v) is 3.91. The van der Waals surface area contributed by atoms with Crippen LogP contribution in [0.4, 0.5) is 11.6 Å². The maximum atomic E-state index is 6.11. The molecule has 116 valence electrons. The molecule has 0 spiro atoms. The quantitative estimate of drug-likeness (QED) is 0.589. The average Bonchev–Trinajstić information content (AvgIpc) is 3.09. The topological polar surface area (TPSA) is 109 Å². The zero-order chi connectivity index (χ0) is 16.1. The molecule has 1 aromatic carbocycles. The number of hydrogen-bond donors (Lipinski definition) is 2. The highest BCUT2D eigenvalue weighted by Crippen LogP contribution is 2.34. The van der Waals surface area contributed by atoms with Crippen LogP contribution in [0.15, 0.2) is 35.0 Å². The molecule has 4 N–H and O–H groups in total. The lowest BCUT2D eigenvalue weighted by atomic mass is 10.1. The molecular weight excluding hydrogens is 292 g/mol. The normalized spacial score (nSPS) is 11.8. The molecule has 0 atom stereocenters. The van der Waals surface area contributed by atoms with Crippen molar-refractivity contribution in [1.82, 2.24) is 19.9 Å². The van der Waals surface area contributed by atoms with Gasteiger partial charge in [-0.3, -0.25) is 4.68 Å². The predicted molar refractivity (Wildman–Crippen MR) is 89.7 cm³/mol. The highest BCUT2D eigenvalue weighted by Gasteiger charge is 2.18. The van der Waals surface area contributed by atoms with Crippen molar-refractivity contribution < 1.29 is 4.52 Å². The van der Waals surface area contributed by atoms with Gasteiger partial charge in [0.1, 0.15) is 11.5 Å². The Morgan fingerprint density at radius 3 is 2.74 bits per heavy atom. The minimum Gasteiger partial charge on any atom is -0.383 e. The highest BCUT2D eigenvalue weighted by molar-refractivity contribution is 6.02. The van der Waals surface area contributed by atoms with Crippen LogP contribution in [0.3, 0.4) is 0 Å². The van der Waals surface area contributed by atoms with E-state index >= 15 is 0 Å². The Morgan fingerprint density at radius 2 is 1.96 bits per heavy atom. The van der Waals surface area contributed by atoms with E-state index in [-0.39, 0.29) is 6.04 Å². The Bertz CT molecular complexity index is 1030. The van der Waals surface area contributed by atoms with Crippen molar-refractivity contribution in [3.05, 3.63) is 30.5 Å². The van der Waals surface area contributed by atoms with Gasteiger partial charge in [0.25, 0.3) is 0 Å². The fraction of sp³-hybridized carbons (Fsp3) is 0.188. The van der Waals surface area contributed by atoms with Crippen molar-refractivity contribution in [2.24, 2.45) is 0 Å². The number of nitrogens with zero attached hydrogens (tertiary/aromatic N) is 4. The van der Waals surface area contributed by atoms with Crippen LogP contribution in [-0.4, -0.2) is 19.9 Å². The van der Waals surface area contributed by atoms with Crippen molar-refractivity contribution in [3.63, 3.8) is 0 Å². The van der Waals surface area contributed by atoms with Crippen molar-refractivity contribution in [3.8, 4) is 11.3 Å². The smallest absolute Gasteiger partial charge is 0.174 e. The summed E-state index contributed by atoms with van der Waals surface area (Å²) in [4.78, 5) is 4.20. The molecule has 3 heterocycles. The molecule has 0 fully saturated rings. The Labute approximate surface area is 131 Å². The fourth-order valence-electron chi connectivity index (χ4n) is 2.81. The molecule has 0 unspecified atom stereocenters. The van der Waals surface area contributed by atoms with E-state index in [9.17, 15) is 0 Å². The van der Waals surface area contributed by atoms with Gasteiger partial charge in [0, 0.05) is 17.8 Å². The monoisotopic (exact) mass is 308 g/mol. The average molecular weight is 308 g/mol. The van der Waals surface area contributed by atoms with Gasteiger partial charge >= 0.3 is 0 Å². The van der Waals surface area contributed by atoms with Crippen LogP contribution in [0.5, 0.6) is 0 Å². The Kier molecular flexibility index (Phi) is 2.77. The first-order chi connectivity index (χ1) is 11.1. The number of rotatable bonds is 2. The zero-order valence-corrected chi connectivity index (χ0v) is 12.8. The van der Waals surface area contributed by atoms with Crippen LogP contribution >= 0.6 is 0 Å². The van der Waals surface area contributed by atoms with E-state index in [1.54, 1.807) is 6.20 Å². The van der Waals surface area contributed by atoms with Crippen molar-refractivity contribution in [2.45, 2.75) is 19.9 Å². The summed E-state index contributed by atoms with van der Waals surface area (Å²) in [5.74, 6) is 0.823. The maximum absolute atomic E-state index is 6.11. The fourth-order valence-corrected chi connectivity index (χ4v) is 2.81. The number of hydrogen-bond acceptors (Lipinski definition) is 6. The van der Waals surface area contributed by atoms with Crippen LogP contribution in [0.25, 0.3) is 33.1 Å². The van der Waals surface area contributed by atoms with Gasteiger partial charge in [0.05, 0.1) is 16.3 Å². The summed E-state index contributed by atoms with van der Waals surface area (Å²) in [5.41, 5.74) is 15.2. The molecule has 7 heteroatoms. The summed E-state index contributed by atoms with van der Waals surface area (Å²) in [7, 11) is 0. The van der Waals surface area contributed by atoms with E-state index in [4.69, 9.17) is 21.1 Å². The van der Waals surface area contributed by atoms with Crippen LogP contribution < -0.4 is 11.5 Å². The van der Waals surface area contributed by atoms with Crippen LogP contribution in [-0.2, 0) is 0 Å². The lowest BCUT2D eigenvalue weighted by Gasteiger charge is -2.06. The highest BCUT2D eigenvalue weighted by atomic mass is 16.5. The zero-order valence-electron chi connectivity index (χ0n) is 12.8. The molecule has 0 saturated carbocycles. The second kappa shape index (κ2) is 4.70. The maximum Gasteiger partial charge on any atom is 0.174 e. The summed E-state index contributed by atoms with van der Waals surface area (Å²) < 4.78 is 7.10. The molecule has 0 aliphatic rings. The molecule has 0 aliphatic carbocycles. The molecule has 23 heavy (non-hydrogen) atoms. The van der Waals surface area contributed by atoms with Gasteiger partial charge < -0.3 is 16.0 Å². The number of benzene rings is 1. The lowest BCUT2D eigenvalue weighted by molar-refractivity contribution is 0.460. The van der Waals surface area contributed by atoms with Gasteiger partial charge in [-0.1, -0.05) is 5.16 Å². The number of nitrogen functional groups attached to an aromatic ring is 2. The molecule has 7 nitrogen and oxygen atoms in total.